The molecular formula is C16H10FN3O2. The second-order valence-electron chi connectivity index (χ2n) is 4.87. The normalized spacial score (nSPS) is 10.5. The van der Waals surface area contributed by atoms with Gasteiger partial charge in [-0.15, -0.1) is 0 Å². The molecule has 0 N–H and O–H groups in total. The van der Waals surface area contributed by atoms with Gasteiger partial charge in [-0.25, -0.2) is 4.39 Å². The van der Waals surface area contributed by atoms with Crippen molar-refractivity contribution in [1.29, 1.82) is 5.26 Å². The molecule has 0 aliphatic rings. The summed E-state index contributed by atoms with van der Waals surface area (Å²) in [6, 6.07) is 12.6. The number of fused-ring (bicyclic) bond motifs is 1. The van der Waals surface area contributed by atoms with Crippen molar-refractivity contribution in [1.82, 2.24) is 4.57 Å². The Balaban J connectivity index is 2.11. The number of nitrogens with zero attached hydrogens (tertiary/aromatic N) is 3. The number of rotatable bonds is 3. The third-order valence-corrected chi connectivity index (χ3v) is 3.44. The van der Waals surface area contributed by atoms with E-state index in [0.29, 0.717) is 23.0 Å². The van der Waals surface area contributed by atoms with E-state index in [-0.39, 0.29) is 11.5 Å². The Morgan fingerprint density at radius 3 is 2.77 bits per heavy atom. The molecule has 0 aliphatic heterocycles. The number of hydrogen-bond acceptors (Lipinski definition) is 3. The lowest BCUT2D eigenvalue weighted by atomic mass is 10.1. The molecule has 0 saturated carbocycles. The summed E-state index contributed by atoms with van der Waals surface area (Å²) in [5.41, 5.74) is 1.74. The standard InChI is InChI=1S/C16H10FN3O2/c17-13-3-1-2-11(6-13)9-19-10-12(8-18)15-7-14(20(21)22)4-5-16(15)19/h1-7,10H,9H2. The summed E-state index contributed by atoms with van der Waals surface area (Å²) in [5, 5.41) is 20.6. The van der Waals surface area contributed by atoms with Crippen LogP contribution in [0.15, 0.2) is 48.7 Å². The largest absolute Gasteiger partial charge is 0.342 e. The van der Waals surface area contributed by atoms with Crippen LogP contribution in [0.2, 0.25) is 0 Å². The molecule has 0 amide bonds. The summed E-state index contributed by atoms with van der Waals surface area (Å²) in [5.74, 6) is -0.329. The van der Waals surface area contributed by atoms with E-state index in [2.05, 4.69) is 0 Å². The molecule has 22 heavy (non-hydrogen) atoms. The number of halogens is 1. The predicted octanol–water partition coefficient (Wildman–Crippen LogP) is 3.61. The summed E-state index contributed by atoms with van der Waals surface area (Å²) in [7, 11) is 0. The molecule has 1 aromatic heterocycles. The Kier molecular flexibility index (Phi) is 3.31. The van der Waals surface area contributed by atoms with Gasteiger partial charge in [0.1, 0.15) is 11.9 Å². The van der Waals surface area contributed by atoms with Crippen LogP contribution in [0.5, 0.6) is 0 Å². The van der Waals surface area contributed by atoms with Crippen LogP contribution in [0.3, 0.4) is 0 Å². The lowest BCUT2D eigenvalue weighted by molar-refractivity contribution is -0.384. The first-order valence-corrected chi connectivity index (χ1v) is 6.50. The third kappa shape index (κ3) is 2.40. The van der Waals surface area contributed by atoms with Gasteiger partial charge in [-0.2, -0.15) is 5.26 Å². The molecule has 5 nitrogen and oxygen atoms in total. The molecule has 0 aliphatic carbocycles. The van der Waals surface area contributed by atoms with Crippen molar-refractivity contribution >= 4 is 16.6 Å². The Morgan fingerprint density at radius 1 is 1.27 bits per heavy atom. The highest BCUT2D eigenvalue weighted by atomic mass is 19.1. The topological polar surface area (TPSA) is 71.9 Å². The molecule has 2 aromatic carbocycles. The highest BCUT2D eigenvalue weighted by molar-refractivity contribution is 5.88. The van der Waals surface area contributed by atoms with Crippen LogP contribution in [0.25, 0.3) is 10.9 Å². The van der Waals surface area contributed by atoms with Crippen molar-refractivity contribution in [3.63, 3.8) is 0 Å². The number of nitriles is 1. The van der Waals surface area contributed by atoms with E-state index in [4.69, 9.17) is 0 Å². The van der Waals surface area contributed by atoms with Crippen molar-refractivity contribution in [2.75, 3.05) is 0 Å². The number of hydrogen-bond donors (Lipinski definition) is 0. The Hall–Kier alpha value is -3.20. The van der Waals surface area contributed by atoms with Crippen LogP contribution >= 0.6 is 0 Å². The minimum Gasteiger partial charge on any atom is -0.342 e. The minimum atomic E-state index is -0.496. The molecule has 0 fully saturated rings. The van der Waals surface area contributed by atoms with E-state index in [0.717, 1.165) is 5.56 Å². The summed E-state index contributed by atoms with van der Waals surface area (Å²) in [6.45, 7) is 0.383. The summed E-state index contributed by atoms with van der Waals surface area (Å²) < 4.78 is 15.0. The second-order valence-corrected chi connectivity index (χ2v) is 4.87. The van der Waals surface area contributed by atoms with E-state index in [9.17, 15) is 19.8 Å². The molecule has 3 aromatic rings. The molecule has 0 atom stereocenters. The molecule has 0 saturated heterocycles. The van der Waals surface area contributed by atoms with Crippen LogP contribution in [0.4, 0.5) is 10.1 Å². The van der Waals surface area contributed by atoms with Gasteiger partial charge < -0.3 is 4.57 Å². The smallest absolute Gasteiger partial charge is 0.270 e. The number of benzene rings is 2. The maximum absolute atomic E-state index is 13.3. The Morgan fingerprint density at radius 2 is 2.09 bits per heavy atom. The first-order valence-electron chi connectivity index (χ1n) is 6.50. The first-order chi connectivity index (χ1) is 10.6. The third-order valence-electron chi connectivity index (χ3n) is 3.44. The van der Waals surface area contributed by atoms with Crippen LogP contribution in [-0.2, 0) is 6.54 Å². The highest BCUT2D eigenvalue weighted by Gasteiger charge is 2.13. The fraction of sp³-hybridized carbons (Fsp3) is 0.0625. The Labute approximate surface area is 125 Å². The SMILES string of the molecule is N#Cc1cn(Cc2cccc(F)c2)c2ccc([N+](=O)[O-])cc12. The zero-order chi connectivity index (χ0) is 15.7. The quantitative estimate of drug-likeness (QED) is 0.547. The van der Waals surface area contributed by atoms with Crippen molar-refractivity contribution in [2.45, 2.75) is 6.54 Å². The van der Waals surface area contributed by atoms with Gasteiger partial charge in [0.2, 0.25) is 0 Å². The zero-order valence-corrected chi connectivity index (χ0v) is 11.4. The van der Waals surface area contributed by atoms with E-state index in [1.54, 1.807) is 29.0 Å². The van der Waals surface area contributed by atoms with E-state index < -0.39 is 4.92 Å². The van der Waals surface area contributed by atoms with Gasteiger partial charge in [-0.3, -0.25) is 10.1 Å². The molecule has 0 radical (unpaired) electrons. The maximum atomic E-state index is 13.3. The van der Waals surface area contributed by atoms with Gasteiger partial charge in [0.25, 0.3) is 5.69 Å². The lowest BCUT2D eigenvalue weighted by Gasteiger charge is -2.05. The average molecular weight is 295 g/mol. The molecule has 0 unspecified atom stereocenters. The highest BCUT2D eigenvalue weighted by Crippen LogP contribution is 2.26. The van der Waals surface area contributed by atoms with E-state index >= 15 is 0 Å². The number of non-ortho nitro benzene ring substituents is 1. The van der Waals surface area contributed by atoms with Gasteiger partial charge in [0, 0.05) is 30.3 Å². The van der Waals surface area contributed by atoms with Crippen LogP contribution in [0.1, 0.15) is 11.1 Å². The molecule has 0 bridgehead atoms. The molecule has 0 spiro atoms. The maximum Gasteiger partial charge on any atom is 0.270 e. The number of nitro groups is 1. The molecule has 3 rings (SSSR count). The number of nitro benzene ring substituents is 1. The Bertz CT molecular complexity index is 925. The van der Waals surface area contributed by atoms with Crippen molar-refractivity contribution in [3.05, 3.63) is 75.7 Å². The van der Waals surface area contributed by atoms with E-state index in [1.807, 2.05) is 6.07 Å². The van der Waals surface area contributed by atoms with Gasteiger partial charge >= 0.3 is 0 Å². The van der Waals surface area contributed by atoms with Gasteiger partial charge in [0.15, 0.2) is 0 Å². The fourth-order valence-electron chi connectivity index (χ4n) is 2.45. The van der Waals surface area contributed by atoms with Gasteiger partial charge in [-0.05, 0) is 23.8 Å². The molecule has 6 heteroatoms. The number of aromatic nitrogens is 1. The van der Waals surface area contributed by atoms with Crippen LogP contribution in [-0.4, -0.2) is 9.49 Å². The van der Waals surface area contributed by atoms with E-state index in [1.165, 1.54) is 24.3 Å². The van der Waals surface area contributed by atoms with Gasteiger partial charge in [0.05, 0.1) is 16.0 Å². The monoisotopic (exact) mass is 295 g/mol. The zero-order valence-electron chi connectivity index (χ0n) is 11.4. The minimum absolute atomic E-state index is 0.0625. The van der Waals surface area contributed by atoms with Crippen molar-refractivity contribution in [2.24, 2.45) is 0 Å². The van der Waals surface area contributed by atoms with Crippen LogP contribution in [0, 0.1) is 27.3 Å². The summed E-state index contributed by atoms with van der Waals surface area (Å²) >= 11 is 0. The van der Waals surface area contributed by atoms with Crippen molar-refractivity contribution in [3.8, 4) is 6.07 Å². The first kappa shape index (κ1) is 13.8. The van der Waals surface area contributed by atoms with Crippen LogP contribution < -0.4 is 0 Å². The average Bonchev–Trinajstić information content (AvgIpc) is 2.84. The predicted molar refractivity (Wildman–Crippen MR) is 78.8 cm³/mol. The van der Waals surface area contributed by atoms with Gasteiger partial charge in [-0.1, -0.05) is 12.1 Å². The molecular weight excluding hydrogens is 285 g/mol. The molecule has 108 valence electrons. The summed E-state index contributed by atoms with van der Waals surface area (Å²) in [4.78, 5) is 10.4. The lowest BCUT2D eigenvalue weighted by Crippen LogP contribution is -1.98. The fourth-order valence-corrected chi connectivity index (χ4v) is 2.45. The second kappa shape index (κ2) is 5.30. The van der Waals surface area contributed by atoms with Crippen molar-refractivity contribution < 1.29 is 9.31 Å². The molecule has 1 heterocycles. The summed E-state index contributed by atoms with van der Waals surface area (Å²) in [6.07, 6.45) is 1.62.